The van der Waals surface area contributed by atoms with Crippen LogP contribution in [0, 0.1) is 5.92 Å². The smallest absolute Gasteiger partial charge is 0.326 e. The Bertz CT molecular complexity index is 742. The van der Waals surface area contributed by atoms with E-state index in [1.54, 1.807) is 4.57 Å². The first kappa shape index (κ1) is 14.6. The Labute approximate surface area is 128 Å². The molecule has 1 aromatic heterocycles. The van der Waals surface area contributed by atoms with Crippen LogP contribution in [0.25, 0.3) is 11.0 Å². The zero-order chi connectivity index (χ0) is 15.4. The van der Waals surface area contributed by atoms with E-state index in [-0.39, 0.29) is 11.7 Å². The van der Waals surface area contributed by atoms with Crippen molar-refractivity contribution >= 4 is 17.0 Å². The van der Waals surface area contributed by atoms with Crippen LogP contribution in [0.1, 0.15) is 25.7 Å². The molecule has 0 saturated carbocycles. The Morgan fingerprint density at radius 1 is 1.36 bits per heavy atom. The molecular formula is C17H20N2O3. The number of allylic oxidation sites excluding steroid dienone is 2. The van der Waals surface area contributed by atoms with Crippen LogP contribution in [-0.2, 0) is 16.1 Å². The maximum absolute atomic E-state index is 11.9. The summed E-state index contributed by atoms with van der Waals surface area (Å²) in [6.45, 7) is 0.890. The van der Waals surface area contributed by atoms with Crippen LogP contribution in [0.5, 0.6) is 0 Å². The molecule has 1 unspecified atom stereocenters. The lowest BCUT2D eigenvalue weighted by Crippen LogP contribution is -2.18. The molecule has 0 spiro atoms. The van der Waals surface area contributed by atoms with Gasteiger partial charge in [-0.05, 0) is 37.3 Å². The van der Waals surface area contributed by atoms with E-state index >= 15 is 0 Å². The Morgan fingerprint density at radius 3 is 3.05 bits per heavy atom. The van der Waals surface area contributed by atoms with E-state index in [1.165, 1.54) is 0 Å². The predicted molar refractivity (Wildman–Crippen MR) is 84.6 cm³/mol. The van der Waals surface area contributed by atoms with E-state index in [9.17, 15) is 9.59 Å². The number of esters is 1. The van der Waals surface area contributed by atoms with Crippen LogP contribution in [0.15, 0.2) is 41.2 Å². The molecule has 0 amide bonds. The van der Waals surface area contributed by atoms with Gasteiger partial charge in [0, 0.05) is 6.54 Å². The van der Waals surface area contributed by atoms with Gasteiger partial charge in [0.15, 0.2) is 0 Å². The van der Waals surface area contributed by atoms with Crippen LogP contribution >= 0.6 is 0 Å². The quantitative estimate of drug-likeness (QED) is 0.507. The molecule has 5 heteroatoms. The number of benzene rings is 1. The molecule has 1 aliphatic carbocycles. The number of fused-ring (bicyclic) bond motifs is 1. The summed E-state index contributed by atoms with van der Waals surface area (Å²) < 4.78 is 6.94. The Kier molecular flexibility index (Phi) is 4.42. The van der Waals surface area contributed by atoms with Crippen molar-refractivity contribution in [2.75, 3.05) is 6.61 Å². The lowest BCUT2D eigenvalue weighted by molar-refractivity contribution is -0.144. The average molecular weight is 300 g/mol. The molecule has 0 fully saturated rings. The fraction of sp³-hybridized carbons (Fsp3) is 0.412. The van der Waals surface area contributed by atoms with Crippen molar-refractivity contribution in [2.24, 2.45) is 5.92 Å². The van der Waals surface area contributed by atoms with Gasteiger partial charge in [-0.1, -0.05) is 24.3 Å². The van der Waals surface area contributed by atoms with Crippen molar-refractivity contribution in [3.8, 4) is 0 Å². The lowest BCUT2D eigenvalue weighted by Gasteiger charge is -2.08. The van der Waals surface area contributed by atoms with E-state index in [0.717, 1.165) is 23.9 Å². The number of carbonyl (C=O) groups is 1. The molecule has 0 radical (unpaired) electrons. The van der Waals surface area contributed by atoms with Gasteiger partial charge in [0.25, 0.3) is 0 Å². The monoisotopic (exact) mass is 300 g/mol. The summed E-state index contributed by atoms with van der Waals surface area (Å²) in [5.41, 5.74) is 1.59. The summed E-state index contributed by atoms with van der Waals surface area (Å²) in [6.07, 6.45) is 7.40. The zero-order valence-corrected chi connectivity index (χ0v) is 12.5. The molecule has 2 aromatic rings. The van der Waals surface area contributed by atoms with Gasteiger partial charge in [0.05, 0.1) is 24.1 Å². The number of H-pyrrole nitrogens is 1. The van der Waals surface area contributed by atoms with Crippen LogP contribution in [-0.4, -0.2) is 22.1 Å². The molecule has 22 heavy (non-hydrogen) atoms. The standard InChI is InChI=1S/C17H20N2O3/c20-16(12-13-6-1-2-7-13)22-11-5-10-19-15-9-4-3-8-14(15)18-17(19)21/h1,3-4,6,8-9,13H,2,5,7,10-12H2,(H,18,21). The van der Waals surface area contributed by atoms with Gasteiger partial charge in [-0.25, -0.2) is 4.79 Å². The summed E-state index contributed by atoms with van der Waals surface area (Å²) in [5, 5.41) is 0. The molecule has 1 atom stereocenters. The first-order valence-corrected chi connectivity index (χ1v) is 7.74. The normalized spacial score (nSPS) is 17.2. The number of rotatable bonds is 6. The fourth-order valence-corrected chi connectivity index (χ4v) is 2.88. The average Bonchev–Trinajstić information content (AvgIpc) is 3.11. The highest BCUT2D eigenvalue weighted by atomic mass is 16.5. The number of ether oxygens (including phenoxy) is 1. The summed E-state index contributed by atoms with van der Waals surface area (Å²) in [4.78, 5) is 26.4. The maximum Gasteiger partial charge on any atom is 0.326 e. The molecule has 1 N–H and O–H groups in total. The zero-order valence-electron chi connectivity index (χ0n) is 12.5. The summed E-state index contributed by atoms with van der Waals surface area (Å²) in [7, 11) is 0. The van der Waals surface area contributed by atoms with E-state index in [4.69, 9.17) is 4.74 Å². The largest absolute Gasteiger partial charge is 0.466 e. The van der Waals surface area contributed by atoms with Gasteiger partial charge in [0.1, 0.15) is 0 Å². The third kappa shape index (κ3) is 3.30. The lowest BCUT2D eigenvalue weighted by atomic mass is 10.1. The molecule has 1 aromatic carbocycles. The number of hydrogen-bond acceptors (Lipinski definition) is 3. The third-order valence-corrected chi connectivity index (χ3v) is 4.01. The molecule has 5 nitrogen and oxygen atoms in total. The van der Waals surface area contributed by atoms with Crippen molar-refractivity contribution in [2.45, 2.75) is 32.2 Å². The molecule has 1 aliphatic rings. The van der Waals surface area contributed by atoms with E-state index in [0.29, 0.717) is 31.9 Å². The fourth-order valence-electron chi connectivity index (χ4n) is 2.88. The van der Waals surface area contributed by atoms with E-state index in [1.807, 2.05) is 24.3 Å². The first-order valence-electron chi connectivity index (χ1n) is 7.74. The first-order chi connectivity index (χ1) is 10.7. The highest BCUT2D eigenvalue weighted by Gasteiger charge is 2.14. The summed E-state index contributed by atoms with van der Waals surface area (Å²) in [5.74, 6) is 0.187. The number of aromatic amines is 1. The van der Waals surface area contributed by atoms with E-state index in [2.05, 4.69) is 17.1 Å². The second-order valence-electron chi connectivity index (χ2n) is 5.64. The predicted octanol–water partition coefficient (Wildman–Crippen LogP) is 2.62. The van der Waals surface area contributed by atoms with Gasteiger partial charge >= 0.3 is 11.7 Å². The van der Waals surface area contributed by atoms with Gasteiger partial charge in [-0.2, -0.15) is 0 Å². The Morgan fingerprint density at radius 2 is 2.23 bits per heavy atom. The minimum absolute atomic E-state index is 0.122. The van der Waals surface area contributed by atoms with Gasteiger partial charge in [0.2, 0.25) is 0 Å². The molecular weight excluding hydrogens is 280 g/mol. The topological polar surface area (TPSA) is 64.1 Å². The summed E-state index contributed by atoms with van der Waals surface area (Å²) in [6, 6.07) is 7.58. The van der Waals surface area contributed by atoms with Crippen LogP contribution in [0.2, 0.25) is 0 Å². The Balaban J connectivity index is 1.48. The number of para-hydroxylation sites is 2. The van der Waals surface area contributed by atoms with Gasteiger partial charge in [-0.3, -0.25) is 9.36 Å². The highest BCUT2D eigenvalue weighted by Crippen LogP contribution is 2.20. The number of aryl methyl sites for hydroxylation is 1. The minimum atomic E-state index is -0.150. The van der Waals surface area contributed by atoms with Crippen molar-refractivity contribution in [3.05, 3.63) is 46.9 Å². The molecule has 0 saturated heterocycles. The molecule has 3 rings (SSSR count). The van der Waals surface area contributed by atoms with Crippen molar-refractivity contribution in [1.29, 1.82) is 0 Å². The Hall–Kier alpha value is -2.30. The summed E-state index contributed by atoms with van der Waals surface area (Å²) >= 11 is 0. The molecule has 0 bridgehead atoms. The van der Waals surface area contributed by atoms with Gasteiger partial charge < -0.3 is 9.72 Å². The number of aromatic nitrogens is 2. The van der Waals surface area contributed by atoms with Crippen LogP contribution < -0.4 is 5.69 Å². The van der Waals surface area contributed by atoms with Crippen molar-refractivity contribution in [1.82, 2.24) is 9.55 Å². The van der Waals surface area contributed by atoms with Crippen molar-refractivity contribution in [3.63, 3.8) is 0 Å². The van der Waals surface area contributed by atoms with Crippen molar-refractivity contribution < 1.29 is 9.53 Å². The number of carbonyl (C=O) groups excluding carboxylic acids is 1. The highest BCUT2D eigenvalue weighted by molar-refractivity contribution is 5.74. The third-order valence-electron chi connectivity index (χ3n) is 4.01. The number of nitrogens with one attached hydrogen (secondary N) is 1. The number of hydrogen-bond donors (Lipinski definition) is 1. The van der Waals surface area contributed by atoms with Crippen LogP contribution in [0.4, 0.5) is 0 Å². The minimum Gasteiger partial charge on any atom is -0.466 e. The molecule has 116 valence electrons. The number of nitrogens with zero attached hydrogens (tertiary/aromatic N) is 1. The maximum atomic E-state index is 11.9. The second-order valence-corrected chi connectivity index (χ2v) is 5.64. The van der Waals surface area contributed by atoms with Crippen LogP contribution in [0.3, 0.4) is 0 Å². The number of imidazole rings is 1. The van der Waals surface area contributed by atoms with Gasteiger partial charge in [-0.15, -0.1) is 0 Å². The van der Waals surface area contributed by atoms with E-state index < -0.39 is 0 Å². The molecule has 1 heterocycles. The SMILES string of the molecule is O=C(CC1C=CCC1)OCCCn1c(=O)[nH]c2ccccc21. The second kappa shape index (κ2) is 6.64. The molecule has 0 aliphatic heterocycles.